The smallest absolute Gasteiger partial charge is 0.156 e. The van der Waals surface area contributed by atoms with Crippen LogP contribution in [-0.2, 0) is 0 Å². The predicted molar refractivity (Wildman–Crippen MR) is 56.1 cm³/mol. The third-order valence-electron chi connectivity index (χ3n) is 1.17. The van der Waals surface area contributed by atoms with Gasteiger partial charge >= 0.3 is 0 Å². The Morgan fingerprint density at radius 2 is 2.08 bits per heavy atom. The molecule has 1 rings (SSSR count). The van der Waals surface area contributed by atoms with Crippen LogP contribution in [0, 0.1) is 0 Å². The fourth-order valence-corrected chi connectivity index (χ4v) is 1.15. The fourth-order valence-electron chi connectivity index (χ4n) is 0.694. The Hall–Kier alpha value is -0.800. The SMILES string of the molecule is CN(C)/C=N/c1cc(Cl)cc(Cl)n1. The molecule has 0 aliphatic heterocycles. The number of hydrogen-bond donors (Lipinski definition) is 0. The lowest BCUT2D eigenvalue weighted by Crippen LogP contribution is -2.07. The zero-order valence-electron chi connectivity index (χ0n) is 7.33. The highest BCUT2D eigenvalue weighted by Crippen LogP contribution is 2.19. The Labute approximate surface area is 87.0 Å². The summed E-state index contributed by atoms with van der Waals surface area (Å²) in [5, 5.41) is 0.879. The van der Waals surface area contributed by atoms with E-state index in [0.29, 0.717) is 16.0 Å². The Bertz CT molecular complexity index is 303. The zero-order chi connectivity index (χ0) is 9.84. The molecule has 0 saturated heterocycles. The minimum Gasteiger partial charge on any atom is -0.369 e. The molecule has 0 bridgehead atoms. The molecular formula is C8H9Cl2N3. The lowest BCUT2D eigenvalue weighted by Gasteiger charge is -2.02. The maximum Gasteiger partial charge on any atom is 0.156 e. The molecule has 0 unspecified atom stereocenters. The van der Waals surface area contributed by atoms with Crippen LogP contribution in [-0.4, -0.2) is 30.3 Å². The van der Waals surface area contributed by atoms with Crippen LogP contribution in [0.25, 0.3) is 0 Å². The maximum absolute atomic E-state index is 5.75. The molecule has 0 spiro atoms. The van der Waals surface area contributed by atoms with E-state index >= 15 is 0 Å². The summed E-state index contributed by atoms with van der Waals surface area (Å²) in [6.45, 7) is 0. The molecule has 1 aromatic heterocycles. The van der Waals surface area contributed by atoms with Crippen molar-refractivity contribution in [1.29, 1.82) is 0 Å². The molecule has 1 aromatic rings. The minimum absolute atomic E-state index is 0.346. The molecule has 3 nitrogen and oxygen atoms in total. The zero-order valence-corrected chi connectivity index (χ0v) is 8.84. The molecule has 13 heavy (non-hydrogen) atoms. The van der Waals surface area contributed by atoms with Crippen molar-refractivity contribution < 1.29 is 0 Å². The number of rotatable bonds is 2. The average molecular weight is 218 g/mol. The van der Waals surface area contributed by atoms with Gasteiger partial charge in [0.05, 0.1) is 6.34 Å². The summed E-state index contributed by atoms with van der Waals surface area (Å²) in [6, 6.07) is 3.21. The van der Waals surface area contributed by atoms with E-state index in [1.165, 1.54) is 0 Å². The van der Waals surface area contributed by atoms with Gasteiger partial charge in [-0.1, -0.05) is 23.2 Å². The van der Waals surface area contributed by atoms with E-state index in [9.17, 15) is 0 Å². The van der Waals surface area contributed by atoms with E-state index in [4.69, 9.17) is 23.2 Å². The molecule has 0 aliphatic rings. The monoisotopic (exact) mass is 217 g/mol. The summed E-state index contributed by atoms with van der Waals surface area (Å²) < 4.78 is 0. The largest absolute Gasteiger partial charge is 0.369 e. The predicted octanol–water partition coefficient (Wildman–Crippen LogP) is 2.61. The lowest BCUT2D eigenvalue weighted by atomic mass is 10.5. The van der Waals surface area contributed by atoms with Crippen molar-refractivity contribution in [3.8, 4) is 0 Å². The summed E-state index contributed by atoms with van der Waals surface area (Å²) in [6.07, 6.45) is 1.63. The van der Waals surface area contributed by atoms with Crippen LogP contribution in [0.2, 0.25) is 10.2 Å². The Kier molecular flexibility index (Phi) is 3.51. The molecule has 0 amide bonds. The molecule has 0 fully saturated rings. The van der Waals surface area contributed by atoms with Crippen molar-refractivity contribution in [2.45, 2.75) is 0 Å². The third-order valence-corrected chi connectivity index (χ3v) is 1.58. The van der Waals surface area contributed by atoms with Gasteiger partial charge in [0, 0.05) is 25.2 Å². The van der Waals surface area contributed by atoms with Crippen LogP contribution in [0.5, 0.6) is 0 Å². The number of pyridine rings is 1. The molecule has 0 aromatic carbocycles. The molecule has 0 aliphatic carbocycles. The standard InChI is InChI=1S/C8H9Cl2N3/c1-13(2)5-11-8-4-6(9)3-7(10)12-8/h3-5H,1-2H3/b11-5+. The van der Waals surface area contributed by atoms with E-state index in [1.807, 2.05) is 14.1 Å². The summed E-state index contributed by atoms with van der Waals surface area (Å²) in [7, 11) is 3.74. The van der Waals surface area contributed by atoms with Gasteiger partial charge in [-0.2, -0.15) is 0 Å². The molecule has 0 radical (unpaired) electrons. The number of aliphatic imine (C=N–C) groups is 1. The van der Waals surface area contributed by atoms with Gasteiger partial charge in [-0.25, -0.2) is 9.98 Å². The number of aromatic nitrogens is 1. The first-order valence-corrected chi connectivity index (χ1v) is 4.37. The van der Waals surface area contributed by atoms with Crippen molar-refractivity contribution >= 4 is 35.4 Å². The van der Waals surface area contributed by atoms with Gasteiger partial charge in [-0.3, -0.25) is 0 Å². The van der Waals surface area contributed by atoms with Crippen molar-refractivity contribution in [3.63, 3.8) is 0 Å². The van der Waals surface area contributed by atoms with Gasteiger partial charge < -0.3 is 4.90 Å². The molecular weight excluding hydrogens is 209 g/mol. The Morgan fingerprint density at radius 1 is 1.38 bits per heavy atom. The van der Waals surface area contributed by atoms with Gasteiger partial charge in [0.2, 0.25) is 0 Å². The van der Waals surface area contributed by atoms with Gasteiger partial charge in [-0.15, -0.1) is 0 Å². The van der Waals surface area contributed by atoms with Crippen LogP contribution in [0.1, 0.15) is 0 Å². The normalized spacial score (nSPS) is 10.8. The second-order valence-corrected chi connectivity index (χ2v) is 3.50. The number of halogens is 2. The van der Waals surface area contributed by atoms with Crippen molar-refractivity contribution in [1.82, 2.24) is 9.88 Å². The molecule has 0 N–H and O–H groups in total. The van der Waals surface area contributed by atoms with E-state index < -0.39 is 0 Å². The molecule has 1 heterocycles. The van der Waals surface area contributed by atoms with E-state index in [1.54, 1.807) is 23.4 Å². The van der Waals surface area contributed by atoms with Crippen molar-refractivity contribution in [2.24, 2.45) is 4.99 Å². The first-order valence-electron chi connectivity index (χ1n) is 3.61. The minimum atomic E-state index is 0.346. The van der Waals surface area contributed by atoms with Crippen LogP contribution in [0.3, 0.4) is 0 Å². The van der Waals surface area contributed by atoms with Gasteiger partial charge in [0.15, 0.2) is 5.82 Å². The van der Waals surface area contributed by atoms with Crippen LogP contribution in [0.4, 0.5) is 5.82 Å². The molecule has 5 heteroatoms. The quantitative estimate of drug-likeness (QED) is 0.433. The summed E-state index contributed by atoms with van der Waals surface area (Å²) in [4.78, 5) is 9.81. The van der Waals surface area contributed by atoms with Gasteiger partial charge in [-0.05, 0) is 6.07 Å². The first-order chi connectivity index (χ1) is 6.08. The lowest BCUT2D eigenvalue weighted by molar-refractivity contribution is 0.643. The highest BCUT2D eigenvalue weighted by atomic mass is 35.5. The van der Waals surface area contributed by atoms with Crippen LogP contribution >= 0.6 is 23.2 Å². The van der Waals surface area contributed by atoms with E-state index in [-0.39, 0.29) is 0 Å². The molecule has 0 saturated carbocycles. The maximum atomic E-state index is 5.75. The number of hydrogen-bond acceptors (Lipinski definition) is 2. The summed E-state index contributed by atoms with van der Waals surface area (Å²) >= 11 is 11.4. The second-order valence-electron chi connectivity index (χ2n) is 2.67. The van der Waals surface area contributed by atoms with E-state index in [2.05, 4.69) is 9.98 Å². The summed E-state index contributed by atoms with van der Waals surface area (Å²) in [5.41, 5.74) is 0. The summed E-state index contributed by atoms with van der Waals surface area (Å²) in [5.74, 6) is 0.506. The average Bonchev–Trinajstić information content (AvgIpc) is 1.99. The van der Waals surface area contributed by atoms with Gasteiger partial charge in [0.25, 0.3) is 0 Å². The second kappa shape index (κ2) is 4.44. The Balaban J connectivity index is 2.89. The molecule has 0 atom stereocenters. The van der Waals surface area contributed by atoms with Gasteiger partial charge in [0.1, 0.15) is 5.15 Å². The first kappa shape index (κ1) is 10.3. The molecule has 70 valence electrons. The van der Waals surface area contributed by atoms with Crippen LogP contribution < -0.4 is 0 Å². The van der Waals surface area contributed by atoms with Crippen molar-refractivity contribution in [2.75, 3.05) is 14.1 Å². The topological polar surface area (TPSA) is 28.5 Å². The fraction of sp³-hybridized carbons (Fsp3) is 0.250. The highest BCUT2D eigenvalue weighted by molar-refractivity contribution is 6.34. The van der Waals surface area contributed by atoms with E-state index in [0.717, 1.165) is 0 Å². The third kappa shape index (κ3) is 3.61. The van der Waals surface area contributed by atoms with Crippen molar-refractivity contribution in [3.05, 3.63) is 22.3 Å². The highest BCUT2D eigenvalue weighted by Gasteiger charge is 1.96. The Morgan fingerprint density at radius 3 is 2.62 bits per heavy atom. The number of nitrogens with zero attached hydrogens (tertiary/aromatic N) is 3. The van der Waals surface area contributed by atoms with Crippen LogP contribution in [0.15, 0.2) is 17.1 Å².